The molecule has 0 amide bonds. The van der Waals surface area contributed by atoms with E-state index < -0.39 is 0 Å². The van der Waals surface area contributed by atoms with Gasteiger partial charge in [-0.25, -0.2) is 0 Å². The average molecular weight is 269 g/mol. The van der Waals surface area contributed by atoms with E-state index in [4.69, 9.17) is 19.8 Å². The summed E-state index contributed by atoms with van der Waals surface area (Å²) in [5.41, 5.74) is 2.34. The van der Waals surface area contributed by atoms with Crippen molar-refractivity contribution in [2.24, 2.45) is 0 Å². The van der Waals surface area contributed by atoms with Crippen LogP contribution in [0, 0.1) is 18.3 Å². The number of hydrogen-bond acceptors (Lipinski definition) is 4. The van der Waals surface area contributed by atoms with E-state index in [0.29, 0.717) is 22.8 Å². The molecule has 2 aromatic rings. The van der Waals surface area contributed by atoms with E-state index in [9.17, 15) is 0 Å². The zero-order valence-corrected chi connectivity index (χ0v) is 11.4. The minimum atomic E-state index is 0.00625. The van der Waals surface area contributed by atoms with Crippen molar-refractivity contribution in [3.05, 3.63) is 53.1 Å². The van der Waals surface area contributed by atoms with Crippen molar-refractivity contribution in [3.8, 4) is 23.3 Å². The third-order valence-electron chi connectivity index (χ3n) is 3.00. The molecule has 0 aliphatic heterocycles. The summed E-state index contributed by atoms with van der Waals surface area (Å²) in [5, 5.41) is 18.0. The second-order valence-electron chi connectivity index (χ2n) is 4.33. The van der Waals surface area contributed by atoms with Gasteiger partial charge in [0.1, 0.15) is 5.75 Å². The Morgan fingerprint density at radius 3 is 2.55 bits per heavy atom. The highest BCUT2D eigenvalue weighted by Crippen LogP contribution is 2.32. The number of rotatable bonds is 4. The topological polar surface area (TPSA) is 62.5 Å². The quantitative estimate of drug-likeness (QED) is 0.926. The third kappa shape index (κ3) is 2.90. The molecule has 0 saturated heterocycles. The van der Waals surface area contributed by atoms with Gasteiger partial charge in [0.2, 0.25) is 0 Å². The first-order valence-electron chi connectivity index (χ1n) is 6.14. The van der Waals surface area contributed by atoms with Crippen LogP contribution in [-0.4, -0.2) is 12.2 Å². The van der Waals surface area contributed by atoms with Crippen molar-refractivity contribution >= 4 is 0 Å². The van der Waals surface area contributed by atoms with Crippen LogP contribution < -0.4 is 9.47 Å². The van der Waals surface area contributed by atoms with E-state index in [2.05, 4.69) is 6.07 Å². The van der Waals surface area contributed by atoms with Crippen LogP contribution in [0.15, 0.2) is 36.4 Å². The van der Waals surface area contributed by atoms with E-state index in [0.717, 1.165) is 11.1 Å². The summed E-state index contributed by atoms with van der Waals surface area (Å²) in [7, 11) is 1.53. The molecule has 102 valence electrons. The minimum absolute atomic E-state index is 0.00625. The maximum Gasteiger partial charge on any atom is 0.169 e. The molecule has 1 N–H and O–H groups in total. The Morgan fingerprint density at radius 1 is 1.15 bits per heavy atom. The van der Waals surface area contributed by atoms with Crippen LogP contribution in [0.25, 0.3) is 0 Å². The summed E-state index contributed by atoms with van der Waals surface area (Å²) < 4.78 is 11.0. The Morgan fingerprint density at radius 2 is 1.95 bits per heavy atom. The van der Waals surface area contributed by atoms with Gasteiger partial charge in [0.15, 0.2) is 11.5 Å². The van der Waals surface area contributed by atoms with E-state index in [1.807, 2.05) is 19.1 Å². The van der Waals surface area contributed by atoms with E-state index in [-0.39, 0.29) is 6.61 Å². The molecule has 2 aromatic carbocycles. The number of methoxy groups -OCH3 is 1. The van der Waals surface area contributed by atoms with E-state index >= 15 is 0 Å². The number of aryl methyl sites for hydroxylation is 1. The number of aliphatic hydroxyl groups excluding tert-OH is 1. The molecule has 0 spiro atoms. The van der Waals surface area contributed by atoms with Gasteiger partial charge in [-0.2, -0.15) is 5.26 Å². The molecule has 0 atom stereocenters. The molecular formula is C16H15NO3. The van der Waals surface area contributed by atoms with Crippen LogP contribution in [-0.2, 0) is 6.61 Å². The average Bonchev–Trinajstić information content (AvgIpc) is 2.48. The lowest BCUT2D eigenvalue weighted by molar-refractivity contribution is 0.281. The predicted molar refractivity (Wildman–Crippen MR) is 74.9 cm³/mol. The molecule has 0 saturated carbocycles. The van der Waals surface area contributed by atoms with Gasteiger partial charge >= 0.3 is 0 Å². The molecule has 0 aliphatic carbocycles. The molecule has 0 heterocycles. The SMILES string of the molecule is COc1cc(C#N)ccc1Oc1ccc(CO)c(C)c1. The molecule has 0 aromatic heterocycles. The fourth-order valence-electron chi connectivity index (χ4n) is 1.86. The highest BCUT2D eigenvalue weighted by atomic mass is 16.5. The zero-order chi connectivity index (χ0) is 14.5. The van der Waals surface area contributed by atoms with E-state index in [1.165, 1.54) is 7.11 Å². The minimum Gasteiger partial charge on any atom is -0.493 e. The fourth-order valence-corrected chi connectivity index (χ4v) is 1.86. The molecule has 0 radical (unpaired) electrons. The van der Waals surface area contributed by atoms with Gasteiger partial charge in [0, 0.05) is 6.07 Å². The first-order valence-corrected chi connectivity index (χ1v) is 6.14. The van der Waals surface area contributed by atoms with Crippen molar-refractivity contribution in [1.29, 1.82) is 5.26 Å². The highest BCUT2D eigenvalue weighted by Gasteiger charge is 2.08. The zero-order valence-electron chi connectivity index (χ0n) is 11.4. The molecule has 4 heteroatoms. The summed E-state index contributed by atoms with van der Waals surface area (Å²) in [6.45, 7) is 1.92. The summed E-state index contributed by atoms with van der Waals surface area (Å²) in [5.74, 6) is 1.71. The molecule has 0 fully saturated rings. The second-order valence-corrected chi connectivity index (χ2v) is 4.33. The Hall–Kier alpha value is -2.51. The normalized spacial score (nSPS) is 9.90. The van der Waals surface area contributed by atoms with Crippen LogP contribution in [0.3, 0.4) is 0 Å². The Kier molecular flexibility index (Phi) is 4.24. The molecule has 0 aliphatic rings. The monoisotopic (exact) mass is 269 g/mol. The fraction of sp³-hybridized carbons (Fsp3) is 0.188. The molecule has 0 unspecified atom stereocenters. The summed E-state index contributed by atoms with van der Waals surface area (Å²) >= 11 is 0. The van der Waals surface area contributed by atoms with Gasteiger partial charge in [-0.15, -0.1) is 0 Å². The number of aliphatic hydroxyl groups is 1. The molecule has 20 heavy (non-hydrogen) atoms. The van der Waals surface area contributed by atoms with Crippen molar-refractivity contribution < 1.29 is 14.6 Å². The summed E-state index contributed by atoms with van der Waals surface area (Å²) in [6.07, 6.45) is 0. The van der Waals surface area contributed by atoms with Crippen LogP contribution in [0.5, 0.6) is 17.2 Å². The maximum absolute atomic E-state index is 9.15. The van der Waals surface area contributed by atoms with Crippen LogP contribution in [0.4, 0.5) is 0 Å². The summed E-state index contributed by atoms with van der Waals surface area (Å²) in [4.78, 5) is 0. The van der Waals surface area contributed by atoms with Crippen molar-refractivity contribution in [2.75, 3.05) is 7.11 Å². The van der Waals surface area contributed by atoms with Crippen molar-refractivity contribution in [2.45, 2.75) is 13.5 Å². The van der Waals surface area contributed by atoms with Gasteiger partial charge in [0.05, 0.1) is 25.3 Å². The van der Waals surface area contributed by atoms with Gasteiger partial charge in [0.25, 0.3) is 0 Å². The van der Waals surface area contributed by atoms with Gasteiger partial charge in [-0.3, -0.25) is 0 Å². The lowest BCUT2D eigenvalue weighted by Crippen LogP contribution is -1.93. The van der Waals surface area contributed by atoms with Crippen molar-refractivity contribution in [3.63, 3.8) is 0 Å². The lowest BCUT2D eigenvalue weighted by Gasteiger charge is -2.12. The third-order valence-corrected chi connectivity index (χ3v) is 3.00. The number of benzene rings is 2. The second kappa shape index (κ2) is 6.09. The number of ether oxygens (including phenoxy) is 2. The molecular weight excluding hydrogens is 254 g/mol. The predicted octanol–water partition coefficient (Wildman–Crippen LogP) is 3.16. The molecule has 2 rings (SSSR count). The number of nitriles is 1. The highest BCUT2D eigenvalue weighted by molar-refractivity contribution is 5.49. The number of hydrogen-bond donors (Lipinski definition) is 1. The standard InChI is InChI=1S/C16H15NO3/c1-11-7-14(5-4-13(11)10-18)20-15-6-3-12(9-17)8-16(15)19-2/h3-8,18H,10H2,1-2H3. The lowest BCUT2D eigenvalue weighted by atomic mass is 10.1. The molecule has 4 nitrogen and oxygen atoms in total. The van der Waals surface area contributed by atoms with Crippen LogP contribution in [0.2, 0.25) is 0 Å². The maximum atomic E-state index is 9.15. The number of nitrogens with zero attached hydrogens (tertiary/aromatic N) is 1. The first kappa shape index (κ1) is 13.9. The first-order chi connectivity index (χ1) is 9.67. The largest absolute Gasteiger partial charge is 0.493 e. The van der Waals surface area contributed by atoms with Gasteiger partial charge < -0.3 is 14.6 Å². The van der Waals surface area contributed by atoms with Crippen molar-refractivity contribution in [1.82, 2.24) is 0 Å². The smallest absolute Gasteiger partial charge is 0.169 e. The van der Waals surface area contributed by atoms with Crippen LogP contribution in [0.1, 0.15) is 16.7 Å². The molecule has 0 bridgehead atoms. The van der Waals surface area contributed by atoms with Gasteiger partial charge in [-0.05, 0) is 42.3 Å². The Labute approximate surface area is 117 Å². The Balaban J connectivity index is 2.30. The van der Waals surface area contributed by atoms with E-state index in [1.54, 1.807) is 24.3 Å². The van der Waals surface area contributed by atoms with Crippen LogP contribution >= 0.6 is 0 Å². The summed E-state index contributed by atoms with van der Waals surface area (Å²) in [6, 6.07) is 12.5. The van der Waals surface area contributed by atoms with Gasteiger partial charge in [-0.1, -0.05) is 6.07 Å². The Bertz CT molecular complexity index is 659.